The van der Waals surface area contributed by atoms with Crippen LogP contribution in [0.3, 0.4) is 0 Å². The summed E-state index contributed by atoms with van der Waals surface area (Å²) in [6, 6.07) is 11.6. The van der Waals surface area contributed by atoms with E-state index in [0.717, 1.165) is 6.54 Å². The van der Waals surface area contributed by atoms with Gasteiger partial charge in [0, 0.05) is 12.0 Å². The molecule has 1 aromatic rings. The summed E-state index contributed by atoms with van der Waals surface area (Å²) < 4.78 is 0. The van der Waals surface area contributed by atoms with Crippen LogP contribution in [-0.4, -0.2) is 12.6 Å². The first kappa shape index (κ1) is 16.2. The van der Waals surface area contributed by atoms with Crippen LogP contribution >= 0.6 is 0 Å². The van der Waals surface area contributed by atoms with Crippen molar-refractivity contribution in [3.05, 3.63) is 35.9 Å². The third-order valence-corrected chi connectivity index (χ3v) is 4.53. The molecule has 0 saturated carbocycles. The average Bonchev–Trinajstić information content (AvgIpc) is 2.46. The molecule has 0 aliphatic rings. The molecular formula is C18H31N. The molecular weight excluding hydrogens is 230 g/mol. The minimum atomic E-state index is 0.576. The van der Waals surface area contributed by atoms with Crippen molar-refractivity contribution in [2.24, 2.45) is 11.8 Å². The minimum Gasteiger partial charge on any atom is -0.313 e. The van der Waals surface area contributed by atoms with Gasteiger partial charge in [-0.25, -0.2) is 0 Å². The lowest BCUT2D eigenvalue weighted by Crippen LogP contribution is -2.42. The molecule has 0 amide bonds. The quantitative estimate of drug-likeness (QED) is 0.706. The monoisotopic (exact) mass is 261 g/mol. The molecule has 0 aromatic heterocycles. The van der Waals surface area contributed by atoms with E-state index in [1.165, 1.54) is 18.4 Å². The molecule has 4 unspecified atom stereocenters. The highest BCUT2D eigenvalue weighted by molar-refractivity contribution is 5.22. The number of hydrogen-bond donors (Lipinski definition) is 1. The molecule has 1 N–H and O–H groups in total. The van der Waals surface area contributed by atoms with Crippen molar-refractivity contribution >= 4 is 0 Å². The normalized spacial score (nSPS) is 17.7. The Balaban J connectivity index is 3.06. The first-order chi connectivity index (χ1) is 9.15. The standard InChI is InChI=1S/C18H31N/c1-6-14(4)17(16-12-10-9-11-13-16)18(19-8-3)15(5)7-2/h9-15,17-19H,6-8H2,1-5H3. The molecule has 19 heavy (non-hydrogen) atoms. The lowest BCUT2D eigenvalue weighted by atomic mass is 9.75. The maximum atomic E-state index is 3.75. The van der Waals surface area contributed by atoms with E-state index in [2.05, 4.69) is 70.3 Å². The first-order valence-electron chi connectivity index (χ1n) is 7.93. The molecule has 0 aliphatic heterocycles. The third kappa shape index (κ3) is 4.35. The van der Waals surface area contributed by atoms with Crippen molar-refractivity contribution in [1.29, 1.82) is 0 Å². The lowest BCUT2D eigenvalue weighted by molar-refractivity contribution is 0.264. The molecule has 0 saturated heterocycles. The highest BCUT2D eigenvalue weighted by Gasteiger charge is 2.29. The Labute approximate surface area is 119 Å². The van der Waals surface area contributed by atoms with Crippen LogP contribution in [0.2, 0.25) is 0 Å². The molecule has 0 spiro atoms. The van der Waals surface area contributed by atoms with Gasteiger partial charge in [0.15, 0.2) is 0 Å². The second-order valence-electron chi connectivity index (χ2n) is 5.79. The van der Waals surface area contributed by atoms with Gasteiger partial charge in [-0.1, -0.05) is 77.8 Å². The van der Waals surface area contributed by atoms with Crippen LogP contribution in [0.4, 0.5) is 0 Å². The Bertz CT molecular complexity index is 333. The van der Waals surface area contributed by atoms with Crippen LogP contribution in [0.15, 0.2) is 30.3 Å². The molecule has 108 valence electrons. The van der Waals surface area contributed by atoms with E-state index in [1.54, 1.807) is 0 Å². The summed E-state index contributed by atoms with van der Waals surface area (Å²) in [5.74, 6) is 2.03. The Morgan fingerprint density at radius 2 is 1.47 bits per heavy atom. The predicted molar refractivity (Wildman–Crippen MR) is 85.6 cm³/mol. The number of benzene rings is 1. The lowest BCUT2D eigenvalue weighted by Gasteiger charge is -2.36. The molecule has 0 fully saturated rings. The summed E-state index contributed by atoms with van der Waals surface area (Å²) in [6.45, 7) is 12.6. The molecule has 1 heteroatoms. The highest BCUT2D eigenvalue weighted by Crippen LogP contribution is 2.34. The van der Waals surface area contributed by atoms with Crippen LogP contribution in [0.1, 0.15) is 58.9 Å². The van der Waals surface area contributed by atoms with Gasteiger partial charge in [0.1, 0.15) is 0 Å². The fourth-order valence-electron chi connectivity index (χ4n) is 2.99. The summed E-state index contributed by atoms with van der Waals surface area (Å²) in [5.41, 5.74) is 1.49. The molecule has 1 rings (SSSR count). The Morgan fingerprint density at radius 3 is 1.95 bits per heavy atom. The van der Waals surface area contributed by atoms with Crippen LogP contribution < -0.4 is 5.32 Å². The predicted octanol–water partition coefficient (Wildman–Crippen LogP) is 4.84. The van der Waals surface area contributed by atoms with Crippen LogP contribution in [0.25, 0.3) is 0 Å². The summed E-state index contributed by atoms with van der Waals surface area (Å²) in [6.07, 6.45) is 2.47. The Morgan fingerprint density at radius 1 is 0.895 bits per heavy atom. The van der Waals surface area contributed by atoms with Crippen LogP contribution in [0, 0.1) is 11.8 Å². The largest absolute Gasteiger partial charge is 0.313 e. The Kier molecular flexibility index (Phi) is 7.15. The molecule has 0 heterocycles. The molecule has 0 bridgehead atoms. The second kappa shape index (κ2) is 8.37. The zero-order valence-corrected chi connectivity index (χ0v) is 13.3. The van der Waals surface area contributed by atoms with E-state index >= 15 is 0 Å². The van der Waals surface area contributed by atoms with E-state index in [-0.39, 0.29) is 0 Å². The van der Waals surface area contributed by atoms with E-state index < -0.39 is 0 Å². The van der Waals surface area contributed by atoms with Gasteiger partial charge in [-0.3, -0.25) is 0 Å². The third-order valence-electron chi connectivity index (χ3n) is 4.53. The van der Waals surface area contributed by atoms with Crippen molar-refractivity contribution in [3.8, 4) is 0 Å². The smallest absolute Gasteiger partial charge is 0.0164 e. The molecule has 1 nitrogen and oxygen atoms in total. The summed E-state index contributed by atoms with van der Waals surface area (Å²) in [4.78, 5) is 0. The zero-order valence-electron chi connectivity index (χ0n) is 13.3. The Hall–Kier alpha value is -0.820. The minimum absolute atomic E-state index is 0.576. The van der Waals surface area contributed by atoms with Crippen molar-refractivity contribution in [3.63, 3.8) is 0 Å². The molecule has 1 aromatic carbocycles. The van der Waals surface area contributed by atoms with E-state index in [0.29, 0.717) is 23.8 Å². The van der Waals surface area contributed by atoms with Gasteiger partial charge < -0.3 is 5.32 Å². The zero-order chi connectivity index (χ0) is 14.3. The van der Waals surface area contributed by atoms with Crippen molar-refractivity contribution in [2.75, 3.05) is 6.54 Å². The number of likely N-dealkylation sites (N-methyl/N-ethyl adjacent to an activating group) is 1. The second-order valence-corrected chi connectivity index (χ2v) is 5.79. The highest BCUT2D eigenvalue weighted by atomic mass is 14.9. The van der Waals surface area contributed by atoms with E-state index in [9.17, 15) is 0 Å². The van der Waals surface area contributed by atoms with Crippen molar-refractivity contribution in [2.45, 2.75) is 59.4 Å². The molecule has 0 aliphatic carbocycles. The van der Waals surface area contributed by atoms with Crippen molar-refractivity contribution < 1.29 is 0 Å². The van der Waals surface area contributed by atoms with E-state index in [4.69, 9.17) is 0 Å². The maximum Gasteiger partial charge on any atom is 0.0164 e. The van der Waals surface area contributed by atoms with E-state index in [1.807, 2.05) is 0 Å². The summed E-state index contributed by atoms with van der Waals surface area (Å²) >= 11 is 0. The van der Waals surface area contributed by atoms with Gasteiger partial charge in [-0.15, -0.1) is 0 Å². The number of hydrogen-bond acceptors (Lipinski definition) is 1. The average molecular weight is 261 g/mol. The first-order valence-corrected chi connectivity index (χ1v) is 7.93. The van der Waals surface area contributed by atoms with Crippen LogP contribution in [0.5, 0.6) is 0 Å². The van der Waals surface area contributed by atoms with Gasteiger partial charge in [-0.05, 0) is 23.9 Å². The summed E-state index contributed by atoms with van der Waals surface area (Å²) in [7, 11) is 0. The van der Waals surface area contributed by atoms with Gasteiger partial charge >= 0.3 is 0 Å². The van der Waals surface area contributed by atoms with Gasteiger partial charge in [0.2, 0.25) is 0 Å². The molecule has 0 radical (unpaired) electrons. The van der Waals surface area contributed by atoms with Gasteiger partial charge in [-0.2, -0.15) is 0 Å². The topological polar surface area (TPSA) is 12.0 Å². The van der Waals surface area contributed by atoms with Crippen LogP contribution in [-0.2, 0) is 0 Å². The van der Waals surface area contributed by atoms with Gasteiger partial charge in [0.05, 0.1) is 0 Å². The summed E-state index contributed by atoms with van der Waals surface area (Å²) in [5, 5.41) is 3.75. The fourth-order valence-corrected chi connectivity index (χ4v) is 2.99. The van der Waals surface area contributed by atoms with Gasteiger partial charge in [0.25, 0.3) is 0 Å². The number of nitrogens with one attached hydrogen (secondary N) is 1. The van der Waals surface area contributed by atoms with Crippen molar-refractivity contribution in [1.82, 2.24) is 5.32 Å². The SMILES string of the molecule is CCNC(C(C)CC)C(c1ccccc1)C(C)CC. The fraction of sp³-hybridized carbons (Fsp3) is 0.667. The maximum absolute atomic E-state index is 3.75. The molecule has 4 atom stereocenters. The number of rotatable bonds is 8.